The van der Waals surface area contributed by atoms with Crippen LogP contribution in [0.3, 0.4) is 0 Å². The molecule has 0 aromatic heterocycles. The number of hydrogen-bond acceptors (Lipinski definition) is 0. The Morgan fingerprint density at radius 1 is 1.05 bits per heavy atom. The van der Waals surface area contributed by atoms with Crippen molar-refractivity contribution in [2.45, 2.75) is 58.0 Å². The van der Waals surface area contributed by atoms with Crippen LogP contribution in [0, 0.1) is 0 Å². The Hall–Kier alpha value is -0.603. The van der Waals surface area contributed by atoms with E-state index in [-0.39, 0.29) is 0 Å². The lowest BCUT2D eigenvalue weighted by molar-refractivity contribution is -0.917. The summed E-state index contributed by atoms with van der Waals surface area (Å²) in [6.07, 6.45) is 4.06. The van der Waals surface area contributed by atoms with Gasteiger partial charge < -0.3 is 4.48 Å². The maximum atomic E-state index is 2.53. The highest BCUT2D eigenvalue weighted by Gasteiger charge is 2.39. The lowest BCUT2D eigenvalue weighted by Crippen LogP contribution is -2.59. The van der Waals surface area contributed by atoms with Crippen LogP contribution in [0.1, 0.15) is 31.7 Å². The van der Waals surface area contributed by atoms with Crippen LogP contribution in [0.15, 0.2) is 30.3 Å². The molecular formula is C17H32NSi+. The minimum Gasteiger partial charge on any atom is -0.326 e. The molecule has 1 atom stereocenters. The van der Waals surface area contributed by atoms with Gasteiger partial charge in [-0.1, -0.05) is 63.3 Å². The summed E-state index contributed by atoms with van der Waals surface area (Å²) in [4.78, 5) is 0. The Morgan fingerprint density at radius 3 is 2.11 bits per heavy atom. The number of unbranched alkanes of at least 4 members (excludes halogenated alkanes) is 1. The molecule has 0 N–H and O–H groups in total. The van der Waals surface area contributed by atoms with Crippen molar-refractivity contribution in [3.05, 3.63) is 35.9 Å². The summed E-state index contributed by atoms with van der Waals surface area (Å²) in [5.41, 5.74) is 2.31. The largest absolute Gasteiger partial charge is 0.326 e. The summed E-state index contributed by atoms with van der Waals surface area (Å²) in [5.74, 6) is 0. The fraction of sp³-hybridized carbons (Fsp3) is 0.647. The SMILES string of the molecule is CCCCC([N+](C)(C)Cc1ccccc1)[Si](C)(C)C. The van der Waals surface area contributed by atoms with Gasteiger partial charge in [0, 0.05) is 5.56 Å². The highest BCUT2D eigenvalue weighted by atomic mass is 28.3. The Balaban J connectivity index is 2.86. The topological polar surface area (TPSA) is 0 Å². The van der Waals surface area contributed by atoms with Crippen molar-refractivity contribution in [2.24, 2.45) is 0 Å². The number of hydrogen-bond donors (Lipinski definition) is 0. The van der Waals surface area contributed by atoms with Crippen molar-refractivity contribution in [3.8, 4) is 0 Å². The van der Waals surface area contributed by atoms with E-state index in [1.807, 2.05) is 0 Å². The molecule has 0 radical (unpaired) electrons. The van der Waals surface area contributed by atoms with Gasteiger partial charge in [0.1, 0.15) is 14.6 Å². The number of benzene rings is 1. The molecule has 0 aliphatic rings. The fourth-order valence-electron chi connectivity index (χ4n) is 3.39. The molecule has 108 valence electrons. The minimum atomic E-state index is -1.14. The third kappa shape index (κ3) is 5.11. The highest BCUT2D eigenvalue weighted by Crippen LogP contribution is 2.26. The quantitative estimate of drug-likeness (QED) is 0.501. The van der Waals surface area contributed by atoms with Gasteiger partial charge in [0.15, 0.2) is 0 Å². The van der Waals surface area contributed by atoms with Crippen molar-refractivity contribution < 1.29 is 4.48 Å². The van der Waals surface area contributed by atoms with Gasteiger partial charge in [-0.2, -0.15) is 0 Å². The lowest BCUT2D eigenvalue weighted by atomic mass is 10.1. The van der Waals surface area contributed by atoms with Crippen LogP contribution in [-0.4, -0.2) is 32.3 Å². The Kier molecular flexibility index (Phi) is 5.81. The minimum absolute atomic E-state index is 0.840. The molecular weight excluding hydrogens is 246 g/mol. The summed E-state index contributed by atoms with van der Waals surface area (Å²) in [5, 5.41) is 0. The van der Waals surface area contributed by atoms with Gasteiger partial charge in [0.25, 0.3) is 0 Å². The van der Waals surface area contributed by atoms with E-state index in [4.69, 9.17) is 0 Å². The molecule has 0 aliphatic heterocycles. The van der Waals surface area contributed by atoms with Gasteiger partial charge in [-0.3, -0.25) is 0 Å². The van der Waals surface area contributed by atoms with Crippen molar-refractivity contribution in [1.29, 1.82) is 0 Å². The molecule has 0 bridgehead atoms. The average Bonchev–Trinajstić information content (AvgIpc) is 2.28. The lowest BCUT2D eigenvalue weighted by Gasteiger charge is -2.44. The second-order valence-electron chi connectivity index (χ2n) is 7.45. The fourth-order valence-corrected chi connectivity index (χ4v) is 6.65. The normalized spacial score (nSPS) is 14.4. The highest BCUT2D eigenvalue weighted by molar-refractivity contribution is 6.77. The van der Waals surface area contributed by atoms with Gasteiger partial charge in [-0.05, 0) is 12.8 Å². The van der Waals surface area contributed by atoms with E-state index in [1.165, 1.54) is 24.8 Å². The summed E-state index contributed by atoms with van der Waals surface area (Å²) in [7, 11) is 3.70. The molecule has 1 unspecified atom stereocenters. The standard InChI is InChI=1S/C17H32NSi/c1-7-8-14-17(19(4,5)6)18(2,3)15-16-12-10-9-11-13-16/h9-13,17H,7-8,14-15H2,1-6H3/q+1. The first-order valence-corrected chi connectivity index (χ1v) is 11.2. The number of rotatable bonds is 7. The molecule has 0 fully saturated rings. The molecule has 19 heavy (non-hydrogen) atoms. The van der Waals surface area contributed by atoms with Gasteiger partial charge in [0.05, 0.1) is 19.8 Å². The van der Waals surface area contributed by atoms with Crippen molar-refractivity contribution in [2.75, 3.05) is 14.1 Å². The van der Waals surface area contributed by atoms with Crippen LogP contribution in [0.4, 0.5) is 0 Å². The first kappa shape index (κ1) is 16.5. The van der Waals surface area contributed by atoms with E-state index in [2.05, 4.69) is 71.0 Å². The second-order valence-corrected chi connectivity index (χ2v) is 12.8. The van der Waals surface area contributed by atoms with Gasteiger partial charge in [-0.15, -0.1) is 0 Å². The average molecular weight is 279 g/mol. The molecule has 0 saturated carbocycles. The maximum absolute atomic E-state index is 2.53. The molecule has 2 heteroatoms. The molecule has 1 aromatic carbocycles. The molecule has 1 nitrogen and oxygen atoms in total. The molecule has 0 spiro atoms. The molecule has 0 aliphatic carbocycles. The third-order valence-electron chi connectivity index (χ3n) is 4.11. The van der Waals surface area contributed by atoms with Crippen LogP contribution >= 0.6 is 0 Å². The predicted octanol–water partition coefficient (Wildman–Crippen LogP) is 4.70. The first-order valence-electron chi connectivity index (χ1n) is 7.64. The Morgan fingerprint density at radius 2 is 1.63 bits per heavy atom. The molecule has 1 aromatic rings. The molecule has 0 saturated heterocycles. The van der Waals surface area contributed by atoms with E-state index in [0.717, 1.165) is 16.7 Å². The van der Waals surface area contributed by atoms with Crippen LogP contribution in [0.2, 0.25) is 19.6 Å². The Labute approximate surface area is 121 Å². The van der Waals surface area contributed by atoms with Crippen LogP contribution in [-0.2, 0) is 6.54 Å². The zero-order valence-electron chi connectivity index (χ0n) is 13.7. The summed E-state index contributed by atoms with van der Waals surface area (Å²) >= 11 is 0. The van der Waals surface area contributed by atoms with E-state index >= 15 is 0 Å². The van der Waals surface area contributed by atoms with Crippen LogP contribution in [0.25, 0.3) is 0 Å². The van der Waals surface area contributed by atoms with Crippen molar-refractivity contribution >= 4 is 8.07 Å². The van der Waals surface area contributed by atoms with E-state index < -0.39 is 8.07 Å². The molecule has 0 amide bonds. The molecule has 0 heterocycles. The summed E-state index contributed by atoms with van der Waals surface area (Å²) in [6, 6.07) is 11.0. The number of nitrogens with zero attached hydrogens (tertiary/aromatic N) is 1. The van der Waals surface area contributed by atoms with E-state index in [0.29, 0.717) is 0 Å². The van der Waals surface area contributed by atoms with Crippen molar-refractivity contribution in [3.63, 3.8) is 0 Å². The Bertz CT molecular complexity index is 365. The van der Waals surface area contributed by atoms with Crippen molar-refractivity contribution in [1.82, 2.24) is 0 Å². The van der Waals surface area contributed by atoms with E-state index in [9.17, 15) is 0 Å². The third-order valence-corrected chi connectivity index (χ3v) is 7.09. The van der Waals surface area contributed by atoms with Gasteiger partial charge in [0.2, 0.25) is 0 Å². The maximum Gasteiger partial charge on any atom is 0.114 e. The van der Waals surface area contributed by atoms with Crippen LogP contribution < -0.4 is 0 Å². The smallest absolute Gasteiger partial charge is 0.114 e. The predicted molar refractivity (Wildman–Crippen MR) is 88.9 cm³/mol. The second kappa shape index (κ2) is 6.71. The first-order chi connectivity index (χ1) is 8.77. The zero-order valence-corrected chi connectivity index (χ0v) is 14.7. The van der Waals surface area contributed by atoms with Crippen LogP contribution in [0.5, 0.6) is 0 Å². The summed E-state index contributed by atoms with van der Waals surface area (Å²) < 4.78 is 1.14. The monoisotopic (exact) mass is 278 g/mol. The number of quaternary nitrogens is 1. The van der Waals surface area contributed by atoms with Gasteiger partial charge >= 0.3 is 0 Å². The van der Waals surface area contributed by atoms with Gasteiger partial charge in [-0.25, -0.2) is 0 Å². The zero-order chi connectivity index (χ0) is 14.5. The molecule has 1 rings (SSSR count). The summed E-state index contributed by atoms with van der Waals surface area (Å²) in [6.45, 7) is 11.0. The van der Waals surface area contributed by atoms with E-state index in [1.54, 1.807) is 0 Å².